The number of anilines is 1. The molecule has 0 saturated carbocycles. The molecule has 0 fully saturated rings. The van der Waals surface area contributed by atoms with E-state index in [-0.39, 0.29) is 18.4 Å². The normalized spacial score (nSPS) is 14.5. The van der Waals surface area contributed by atoms with E-state index in [2.05, 4.69) is 0 Å². The van der Waals surface area contributed by atoms with Crippen molar-refractivity contribution in [2.24, 2.45) is 0 Å². The predicted molar refractivity (Wildman–Crippen MR) is 63.4 cm³/mol. The van der Waals surface area contributed by atoms with Gasteiger partial charge in [-0.25, -0.2) is 0 Å². The highest BCUT2D eigenvalue weighted by molar-refractivity contribution is 6.12. The van der Waals surface area contributed by atoms with Crippen LogP contribution in [0.5, 0.6) is 0 Å². The summed E-state index contributed by atoms with van der Waals surface area (Å²) in [6.07, 6.45) is 3.65. The molecule has 0 atom stereocenters. The van der Waals surface area contributed by atoms with E-state index >= 15 is 0 Å². The molecule has 1 aromatic carbocycles. The van der Waals surface area contributed by atoms with Crippen molar-refractivity contribution >= 4 is 23.7 Å². The topological polar surface area (TPSA) is 87.2 Å². The molecule has 5 nitrogen and oxygen atoms in total. The van der Waals surface area contributed by atoms with Gasteiger partial charge in [-0.15, -0.1) is 0 Å². The molecule has 0 bridgehead atoms. The van der Waals surface area contributed by atoms with Crippen molar-refractivity contribution < 1.29 is 9.59 Å². The number of nitrogens with two attached hydrogens (primary N) is 1. The van der Waals surface area contributed by atoms with E-state index in [4.69, 9.17) is 11.1 Å². The Morgan fingerprint density at radius 2 is 1.88 bits per heavy atom. The van der Waals surface area contributed by atoms with Crippen LogP contribution in [0.1, 0.15) is 11.1 Å². The largest absolute Gasteiger partial charge is 0.398 e. The molecule has 0 saturated heterocycles. The maximum atomic E-state index is 11.3. The molecule has 2 amide bonds. The van der Waals surface area contributed by atoms with Gasteiger partial charge in [0, 0.05) is 29.6 Å². The third-order valence-corrected chi connectivity index (χ3v) is 2.55. The molecule has 17 heavy (non-hydrogen) atoms. The van der Waals surface area contributed by atoms with Gasteiger partial charge in [-0.2, -0.15) is 0 Å². The number of hydrogen-bond donors (Lipinski definition) is 2. The second-order valence-corrected chi connectivity index (χ2v) is 3.70. The highest BCUT2D eigenvalue weighted by Gasteiger charge is 2.23. The fraction of sp³-hybridized carbons (Fsp3) is 0.0833. The zero-order valence-corrected chi connectivity index (χ0v) is 9.01. The SMILES string of the molecule is N=Cc1ccc(CN2C(=O)C=CC2=O)cc1N. The third kappa shape index (κ3) is 2.08. The summed E-state index contributed by atoms with van der Waals surface area (Å²) in [7, 11) is 0. The predicted octanol–water partition coefficient (Wildman–Crippen LogP) is 0.691. The summed E-state index contributed by atoms with van der Waals surface area (Å²) in [6.45, 7) is 0.202. The number of hydrogen-bond acceptors (Lipinski definition) is 4. The van der Waals surface area contributed by atoms with Crippen LogP contribution in [-0.2, 0) is 16.1 Å². The first-order valence-corrected chi connectivity index (χ1v) is 5.04. The zero-order chi connectivity index (χ0) is 12.4. The molecule has 0 spiro atoms. The molecule has 5 heteroatoms. The average molecular weight is 229 g/mol. The number of carbonyl (C=O) groups excluding carboxylic acids is 2. The zero-order valence-electron chi connectivity index (χ0n) is 9.01. The molecule has 0 aromatic heterocycles. The van der Waals surface area contributed by atoms with Crippen molar-refractivity contribution in [2.75, 3.05) is 5.73 Å². The minimum absolute atomic E-state index is 0.202. The maximum Gasteiger partial charge on any atom is 0.253 e. The summed E-state index contributed by atoms with van der Waals surface area (Å²) in [4.78, 5) is 23.8. The van der Waals surface area contributed by atoms with E-state index in [0.29, 0.717) is 11.3 Å². The van der Waals surface area contributed by atoms with E-state index in [0.717, 1.165) is 16.7 Å². The van der Waals surface area contributed by atoms with E-state index in [1.54, 1.807) is 18.2 Å². The van der Waals surface area contributed by atoms with Gasteiger partial charge in [0.2, 0.25) is 0 Å². The van der Waals surface area contributed by atoms with Gasteiger partial charge in [-0.05, 0) is 11.6 Å². The Balaban J connectivity index is 2.20. The standard InChI is InChI=1S/C12H11N3O2/c13-6-9-2-1-8(5-10(9)14)7-15-11(16)3-4-12(15)17/h1-6,13H,7,14H2. The number of nitrogens with one attached hydrogen (secondary N) is 1. The molecule has 1 aliphatic heterocycles. The van der Waals surface area contributed by atoms with Gasteiger partial charge in [0.05, 0.1) is 6.54 Å². The number of rotatable bonds is 3. The van der Waals surface area contributed by atoms with Gasteiger partial charge >= 0.3 is 0 Å². The van der Waals surface area contributed by atoms with Crippen LogP contribution < -0.4 is 5.73 Å². The average Bonchev–Trinajstić information content (AvgIpc) is 2.61. The first-order valence-electron chi connectivity index (χ1n) is 5.04. The smallest absolute Gasteiger partial charge is 0.253 e. The van der Waals surface area contributed by atoms with Crippen molar-refractivity contribution in [3.8, 4) is 0 Å². The lowest BCUT2D eigenvalue weighted by Gasteiger charge is -2.14. The first kappa shape index (κ1) is 11.1. The summed E-state index contributed by atoms with van der Waals surface area (Å²) in [5.41, 5.74) is 7.56. The number of amides is 2. The Morgan fingerprint density at radius 3 is 2.41 bits per heavy atom. The van der Waals surface area contributed by atoms with Crippen LogP contribution in [0.15, 0.2) is 30.4 Å². The van der Waals surface area contributed by atoms with Crippen LogP contribution in [0, 0.1) is 5.41 Å². The van der Waals surface area contributed by atoms with Gasteiger partial charge in [0.25, 0.3) is 11.8 Å². The lowest BCUT2D eigenvalue weighted by atomic mass is 10.1. The van der Waals surface area contributed by atoms with Crippen LogP contribution in [0.3, 0.4) is 0 Å². The van der Waals surface area contributed by atoms with E-state index < -0.39 is 0 Å². The number of nitrogen functional groups attached to an aromatic ring is 1. The summed E-state index contributed by atoms with van der Waals surface area (Å²) in [5, 5.41) is 7.11. The van der Waals surface area contributed by atoms with Crippen molar-refractivity contribution in [1.82, 2.24) is 4.90 Å². The second kappa shape index (κ2) is 4.21. The molecule has 1 aromatic rings. The molecule has 0 aliphatic carbocycles. The monoisotopic (exact) mass is 229 g/mol. The highest BCUT2D eigenvalue weighted by Crippen LogP contribution is 2.16. The number of carbonyl (C=O) groups is 2. The summed E-state index contributed by atoms with van der Waals surface area (Å²) in [6, 6.07) is 5.10. The Labute approximate surface area is 98.0 Å². The molecule has 1 heterocycles. The fourth-order valence-electron chi connectivity index (χ4n) is 1.62. The van der Waals surface area contributed by atoms with Crippen LogP contribution in [0.4, 0.5) is 5.69 Å². The molecular weight excluding hydrogens is 218 g/mol. The lowest BCUT2D eigenvalue weighted by molar-refractivity contribution is -0.137. The van der Waals surface area contributed by atoms with Gasteiger partial charge < -0.3 is 11.1 Å². The Morgan fingerprint density at radius 1 is 1.24 bits per heavy atom. The maximum absolute atomic E-state index is 11.3. The van der Waals surface area contributed by atoms with Gasteiger partial charge in [0.1, 0.15) is 0 Å². The minimum atomic E-state index is -0.315. The molecule has 2 rings (SSSR count). The van der Waals surface area contributed by atoms with Crippen LogP contribution >= 0.6 is 0 Å². The van der Waals surface area contributed by atoms with Crippen LogP contribution in [0.2, 0.25) is 0 Å². The van der Waals surface area contributed by atoms with Crippen molar-refractivity contribution in [2.45, 2.75) is 6.54 Å². The van der Waals surface area contributed by atoms with E-state index in [1.807, 2.05) is 0 Å². The molecular formula is C12H11N3O2. The Bertz CT molecular complexity index is 517. The lowest BCUT2D eigenvalue weighted by Crippen LogP contribution is -2.29. The summed E-state index contributed by atoms with van der Waals surface area (Å²) >= 11 is 0. The van der Waals surface area contributed by atoms with Crippen molar-refractivity contribution in [3.63, 3.8) is 0 Å². The van der Waals surface area contributed by atoms with E-state index in [9.17, 15) is 9.59 Å². The minimum Gasteiger partial charge on any atom is -0.398 e. The number of benzene rings is 1. The second-order valence-electron chi connectivity index (χ2n) is 3.70. The van der Waals surface area contributed by atoms with E-state index in [1.165, 1.54) is 12.2 Å². The van der Waals surface area contributed by atoms with Gasteiger partial charge in [-0.1, -0.05) is 12.1 Å². The first-order chi connectivity index (χ1) is 8.11. The third-order valence-electron chi connectivity index (χ3n) is 2.55. The van der Waals surface area contributed by atoms with Crippen LogP contribution in [-0.4, -0.2) is 22.9 Å². The molecule has 86 valence electrons. The molecule has 0 unspecified atom stereocenters. The number of imide groups is 1. The highest BCUT2D eigenvalue weighted by atomic mass is 16.2. The molecule has 1 aliphatic rings. The summed E-state index contributed by atoms with van der Waals surface area (Å²) < 4.78 is 0. The Kier molecular flexibility index (Phi) is 2.74. The summed E-state index contributed by atoms with van der Waals surface area (Å²) in [5.74, 6) is -0.630. The fourth-order valence-corrected chi connectivity index (χ4v) is 1.62. The van der Waals surface area contributed by atoms with Crippen molar-refractivity contribution in [1.29, 1.82) is 5.41 Å². The van der Waals surface area contributed by atoms with Gasteiger partial charge in [0.15, 0.2) is 0 Å². The molecule has 0 radical (unpaired) electrons. The van der Waals surface area contributed by atoms with Gasteiger partial charge in [-0.3, -0.25) is 14.5 Å². The molecule has 3 N–H and O–H groups in total. The quantitative estimate of drug-likeness (QED) is 0.454. The Hall–Kier alpha value is -2.43. The van der Waals surface area contributed by atoms with Crippen molar-refractivity contribution in [3.05, 3.63) is 41.5 Å². The number of nitrogens with zero attached hydrogens (tertiary/aromatic N) is 1. The van der Waals surface area contributed by atoms with Crippen LogP contribution in [0.25, 0.3) is 0 Å².